The van der Waals surface area contributed by atoms with Crippen LogP contribution in [0.15, 0.2) is 23.3 Å². The molecule has 4 nitrogen and oxygen atoms in total. The SMILES string of the molecule is NC(Cn1cccnc1=O)C1CC1. The predicted octanol–water partition coefficient (Wildman–Crippen LogP) is -0.0194. The monoisotopic (exact) mass is 179 g/mol. The van der Waals surface area contributed by atoms with Crippen molar-refractivity contribution in [3.8, 4) is 0 Å². The molecule has 1 saturated carbocycles. The van der Waals surface area contributed by atoms with Gasteiger partial charge in [-0.15, -0.1) is 0 Å². The zero-order valence-electron chi connectivity index (χ0n) is 7.39. The molecule has 2 N–H and O–H groups in total. The maximum Gasteiger partial charge on any atom is 0.347 e. The largest absolute Gasteiger partial charge is 0.347 e. The van der Waals surface area contributed by atoms with E-state index in [9.17, 15) is 4.79 Å². The van der Waals surface area contributed by atoms with Crippen molar-refractivity contribution >= 4 is 0 Å². The third kappa shape index (κ3) is 1.95. The molecule has 1 aliphatic carbocycles. The van der Waals surface area contributed by atoms with Crippen molar-refractivity contribution in [2.45, 2.75) is 25.4 Å². The molecule has 0 aromatic carbocycles. The van der Waals surface area contributed by atoms with Crippen LogP contribution in [-0.2, 0) is 6.54 Å². The zero-order valence-corrected chi connectivity index (χ0v) is 7.39. The first-order chi connectivity index (χ1) is 6.27. The van der Waals surface area contributed by atoms with Crippen LogP contribution in [0.5, 0.6) is 0 Å². The predicted molar refractivity (Wildman–Crippen MR) is 49.2 cm³/mol. The average Bonchev–Trinajstić information content (AvgIpc) is 2.91. The third-order valence-corrected chi connectivity index (χ3v) is 2.42. The summed E-state index contributed by atoms with van der Waals surface area (Å²) < 4.78 is 1.57. The zero-order chi connectivity index (χ0) is 9.26. The number of hydrogen-bond donors (Lipinski definition) is 1. The third-order valence-electron chi connectivity index (χ3n) is 2.42. The molecular formula is C9H13N3O. The van der Waals surface area contributed by atoms with Crippen molar-refractivity contribution in [2.75, 3.05) is 0 Å². The average molecular weight is 179 g/mol. The molecule has 1 aromatic rings. The quantitative estimate of drug-likeness (QED) is 0.709. The molecule has 1 aliphatic rings. The number of aromatic nitrogens is 2. The van der Waals surface area contributed by atoms with Gasteiger partial charge in [0.05, 0.1) is 0 Å². The molecule has 13 heavy (non-hydrogen) atoms. The summed E-state index contributed by atoms with van der Waals surface area (Å²) in [5, 5.41) is 0. The van der Waals surface area contributed by atoms with E-state index in [1.165, 1.54) is 19.0 Å². The maximum absolute atomic E-state index is 11.2. The summed E-state index contributed by atoms with van der Waals surface area (Å²) in [5.74, 6) is 0.618. The molecule has 0 spiro atoms. The highest BCUT2D eigenvalue weighted by atomic mass is 16.1. The molecule has 0 bridgehead atoms. The molecular weight excluding hydrogens is 166 g/mol. The molecule has 1 atom stereocenters. The molecule has 1 unspecified atom stereocenters. The highest BCUT2D eigenvalue weighted by Gasteiger charge is 2.28. The van der Waals surface area contributed by atoms with E-state index in [2.05, 4.69) is 4.98 Å². The van der Waals surface area contributed by atoms with Gasteiger partial charge in [0.1, 0.15) is 0 Å². The second-order valence-corrected chi connectivity index (χ2v) is 3.56. The minimum atomic E-state index is -0.210. The van der Waals surface area contributed by atoms with E-state index in [1.807, 2.05) is 0 Å². The Morgan fingerprint density at radius 2 is 2.46 bits per heavy atom. The van der Waals surface area contributed by atoms with Crippen LogP contribution >= 0.6 is 0 Å². The van der Waals surface area contributed by atoms with Crippen molar-refractivity contribution in [3.63, 3.8) is 0 Å². The van der Waals surface area contributed by atoms with E-state index < -0.39 is 0 Å². The van der Waals surface area contributed by atoms with Gasteiger partial charge in [-0.2, -0.15) is 0 Å². The van der Waals surface area contributed by atoms with Gasteiger partial charge in [-0.05, 0) is 24.8 Å². The Morgan fingerprint density at radius 1 is 1.69 bits per heavy atom. The lowest BCUT2D eigenvalue weighted by molar-refractivity contribution is 0.487. The number of rotatable bonds is 3. The molecule has 2 rings (SSSR count). The van der Waals surface area contributed by atoms with Crippen LogP contribution in [0.2, 0.25) is 0 Å². The van der Waals surface area contributed by atoms with Gasteiger partial charge in [-0.3, -0.25) is 4.57 Å². The molecule has 1 aromatic heterocycles. The van der Waals surface area contributed by atoms with Crippen molar-refractivity contribution in [3.05, 3.63) is 28.9 Å². The van der Waals surface area contributed by atoms with Crippen LogP contribution in [0.1, 0.15) is 12.8 Å². The lowest BCUT2D eigenvalue weighted by atomic mass is 10.2. The fourth-order valence-electron chi connectivity index (χ4n) is 1.43. The van der Waals surface area contributed by atoms with Gasteiger partial charge in [-0.1, -0.05) is 0 Å². The highest BCUT2D eigenvalue weighted by Crippen LogP contribution is 2.31. The molecule has 4 heteroatoms. The summed E-state index contributed by atoms with van der Waals surface area (Å²) in [6.45, 7) is 0.595. The van der Waals surface area contributed by atoms with Crippen molar-refractivity contribution in [2.24, 2.45) is 11.7 Å². The summed E-state index contributed by atoms with van der Waals surface area (Å²) in [6, 6.07) is 1.86. The topological polar surface area (TPSA) is 60.9 Å². The fraction of sp³-hybridized carbons (Fsp3) is 0.556. The Bertz CT molecular complexity index is 343. The summed E-state index contributed by atoms with van der Waals surface area (Å²) in [6.07, 6.45) is 5.64. The van der Waals surface area contributed by atoms with Gasteiger partial charge in [0.2, 0.25) is 0 Å². The molecule has 70 valence electrons. The van der Waals surface area contributed by atoms with E-state index in [4.69, 9.17) is 5.73 Å². The molecule has 0 aliphatic heterocycles. The van der Waals surface area contributed by atoms with Gasteiger partial charge in [-0.25, -0.2) is 9.78 Å². The highest BCUT2D eigenvalue weighted by molar-refractivity contribution is 4.87. The first kappa shape index (κ1) is 8.44. The van der Waals surface area contributed by atoms with Crippen LogP contribution in [0, 0.1) is 5.92 Å². The molecule has 0 radical (unpaired) electrons. The summed E-state index contributed by atoms with van der Waals surface area (Å²) >= 11 is 0. The first-order valence-electron chi connectivity index (χ1n) is 4.54. The second kappa shape index (κ2) is 3.30. The summed E-state index contributed by atoms with van der Waals surface area (Å²) in [4.78, 5) is 14.9. The van der Waals surface area contributed by atoms with Gasteiger partial charge in [0, 0.05) is 25.0 Å². The van der Waals surface area contributed by atoms with Crippen molar-refractivity contribution in [1.82, 2.24) is 9.55 Å². The van der Waals surface area contributed by atoms with Gasteiger partial charge in [0.25, 0.3) is 0 Å². The lowest BCUT2D eigenvalue weighted by Crippen LogP contribution is -2.34. The second-order valence-electron chi connectivity index (χ2n) is 3.56. The molecule has 0 amide bonds. The maximum atomic E-state index is 11.2. The smallest absolute Gasteiger partial charge is 0.326 e. The number of nitrogens with zero attached hydrogens (tertiary/aromatic N) is 2. The lowest BCUT2D eigenvalue weighted by Gasteiger charge is -2.10. The Labute approximate surface area is 76.4 Å². The molecule has 1 heterocycles. The molecule has 0 saturated heterocycles. The van der Waals surface area contributed by atoms with Crippen LogP contribution in [0.4, 0.5) is 0 Å². The van der Waals surface area contributed by atoms with Crippen LogP contribution in [0.25, 0.3) is 0 Å². The Balaban J connectivity index is 2.08. The standard InChI is InChI=1S/C9H13N3O/c10-8(7-2-3-7)6-12-5-1-4-11-9(12)13/h1,4-5,7-8H,2-3,6,10H2. The van der Waals surface area contributed by atoms with E-state index >= 15 is 0 Å². The van der Waals surface area contributed by atoms with Crippen LogP contribution < -0.4 is 11.4 Å². The van der Waals surface area contributed by atoms with E-state index in [0.717, 1.165) is 0 Å². The van der Waals surface area contributed by atoms with Crippen LogP contribution in [-0.4, -0.2) is 15.6 Å². The Hall–Kier alpha value is -1.16. The normalized spacial score (nSPS) is 18.5. The van der Waals surface area contributed by atoms with Gasteiger partial charge in [0.15, 0.2) is 0 Å². The fourth-order valence-corrected chi connectivity index (χ4v) is 1.43. The Kier molecular flexibility index (Phi) is 2.14. The first-order valence-corrected chi connectivity index (χ1v) is 4.54. The number of nitrogens with two attached hydrogens (primary N) is 1. The van der Waals surface area contributed by atoms with Gasteiger partial charge < -0.3 is 5.73 Å². The molecule has 1 fully saturated rings. The number of hydrogen-bond acceptors (Lipinski definition) is 3. The van der Waals surface area contributed by atoms with E-state index in [1.54, 1.807) is 16.8 Å². The van der Waals surface area contributed by atoms with Crippen molar-refractivity contribution in [1.29, 1.82) is 0 Å². The minimum absolute atomic E-state index is 0.113. The van der Waals surface area contributed by atoms with E-state index in [-0.39, 0.29) is 11.7 Å². The van der Waals surface area contributed by atoms with Gasteiger partial charge >= 0.3 is 5.69 Å². The Morgan fingerprint density at radius 3 is 3.08 bits per heavy atom. The van der Waals surface area contributed by atoms with Crippen LogP contribution in [0.3, 0.4) is 0 Å². The summed E-state index contributed by atoms with van der Waals surface area (Å²) in [7, 11) is 0. The van der Waals surface area contributed by atoms with E-state index in [0.29, 0.717) is 12.5 Å². The summed E-state index contributed by atoms with van der Waals surface area (Å²) in [5.41, 5.74) is 5.68. The van der Waals surface area contributed by atoms with Crippen molar-refractivity contribution < 1.29 is 0 Å². The minimum Gasteiger partial charge on any atom is -0.326 e.